The molecule has 4 aromatic carbocycles. The van der Waals surface area contributed by atoms with Gasteiger partial charge in [-0.25, -0.2) is 21.6 Å². The van der Waals surface area contributed by atoms with Crippen LogP contribution in [0, 0.1) is 5.82 Å². The highest BCUT2D eigenvalue weighted by Gasteiger charge is 2.50. The average molecular weight is 781 g/mol. The van der Waals surface area contributed by atoms with Gasteiger partial charge in [0, 0.05) is 24.3 Å². The van der Waals surface area contributed by atoms with E-state index in [2.05, 4.69) is 74.3 Å². The van der Waals surface area contributed by atoms with Gasteiger partial charge < -0.3 is 18.6 Å². The Labute approximate surface area is 322 Å². The van der Waals surface area contributed by atoms with Gasteiger partial charge in [0.15, 0.2) is 11.4 Å². The predicted octanol–water partition coefficient (Wildman–Crippen LogP) is 8.26. The Hall–Kier alpha value is -5.30. The van der Waals surface area contributed by atoms with Crippen LogP contribution in [0.5, 0.6) is 17.4 Å². The van der Waals surface area contributed by atoms with Gasteiger partial charge in [0.1, 0.15) is 17.1 Å². The average Bonchev–Trinajstić information content (AvgIpc) is 3.59. The van der Waals surface area contributed by atoms with Gasteiger partial charge >= 0.3 is 5.97 Å². The van der Waals surface area contributed by atoms with E-state index >= 15 is 0 Å². The van der Waals surface area contributed by atoms with E-state index in [0.29, 0.717) is 30.4 Å². The fourth-order valence-electron chi connectivity index (χ4n) is 6.82. The molecule has 0 saturated carbocycles. The Morgan fingerprint density at radius 3 is 2.07 bits per heavy atom. The lowest BCUT2D eigenvalue weighted by Gasteiger charge is -2.43. The molecule has 55 heavy (non-hydrogen) atoms. The predicted molar refractivity (Wildman–Crippen MR) is 215 cm³/mol. The maximum Gasteiger partial charge on any atom is 0.341 e. The third kappa shape index (κ3) is 8.67. The van der Waals surface area contributed by atoms with E-state index in [1.807, 2.05) is 25.1 Å². The monoisotopic (exact) mass is 780 g/mol. The van der Waals surface area contributed by atoms with Crippen molar-refractivity contribution in [1.29, 1.82) is 0 Å². The molecule has 0 aliphatic carbocycles. The van der Waals surface area contributed by atoms with E-state index in [-0.39, 0.29) is 39.4 Å². The van der Waals surface area contributed by atoms with E-state index in [4.69, 9.17) is 18.6 Å². The van der Waals surface area contributed by atoms with Gasteiger partial charge in [0.25, 0.3) is 14.2 Å². The number of carbonyl (C=O) groups excluding carboxylic acids is 1. The highest BCUT2D eigenvalue weighted by Crippen LogP contribution is 2.38. The zero-order valence-electron chi connectivity index (χ0n) is 31.6. The lowest BCUT2D eigenvalue weighted by Crippen LogP contribution is -2.66. The first-order valence-electron chi connectivity index (χ1n) is 18.1. The second-order valence-corrected chi connectivity index (χ2v) is 20.5. The Balaban J connectivity index is 1.29. The number of hydrogen-bond donors (Lipinski definition) is 0. The molecule has 0 bridgehead atoms. The normalized spacial score (nSPS) is 12.7. The number of rotatable bonds is 15. The zero-order valence-corrected chi connectivity index (χ0v) is 33.4. The Morgan fingerprint density at radius 2 is 1.47 bits per heavy atom. The molecule has 6 rings (SSSR count). The van der Waals surface area contributed by atoms with Crippen LogP contribution in [0.2, 0.25) is 5.04 Å². The summed E-state index contributed by atoms with van der Waals surface area (Å²) in [5.41, 5.74) is 0.746. The summed E-state index contributed by atoms with van der Waals surface area (Å²) in [6.45, 7) is 9.03. The molecule has 0 radical (unpaired) electrons. The van der Waals surface area contributed by atoms with Crippen molar-refractivity contribution in [2.24, 2.45) is 0 Å². The smallest absolute Gasteiger partial charge is 0.341 e. The van der Waals surface area contributed by atoms with Gasteiger partial charge in [-0.15, -0.1) is 0 Å². The molecule has 0 saturated heterocycles. The molecule has 2 heterocycles. The minimum absolute atomic E-state index is 0.00789. The van der Waals surface area contributed by atoms with Gasteiger partial charge in [-0.05, 0) is 65.0 Å². The molecule has 1 atom stereocenters. The summed E-state index contributed by atoms with van der Waals surface area (Å²) in [5, 5.41) is 2.62. The third-order valence-corrected chi connectivity index (χ3v) is 16.1. The van der Waals surface area contributed by atoms with Crippen LogP contribution < -0.4 is 19.8 Å². The van der Waals surface area contributed by atoms with Gasteiger partial charge in [-0.2, -0.15) is 4.98 Å². The van der Waals surface area contributed by atoms with Crippen molar-refractivity contribution in [3.8, 4) is 17.4 Å². The molecule has 0 unspecified atom stereocenters. The van der Waals surface area contributed by atoms with Crippen molar-refractivity contribution >= 4 is 45.7 Å². The molecule has 2 aromatic heterocycles. The Morgan fingerprint density at radius 1 is 0.855 bits per heavy atom. The highest BCUT2D eigenvalue weighted by atomic mass is 32.2. The molecule has 0 aliphatic rings. The van der Waals surface area contributed by atoms with Crippen molar-refractivity contribution in [3.05, 3.63) is 144 Å². The van der Waals surface area contributed by atoms with E-state index in [9.17, 15) is 17.6 Å². The van der Waals surface area contributed by atoms with Crippen LogP contribution in [-0.2, 0) is 24.9 Å². The number of halogens is 1. The van der Waals surface area contributed by atoms with E-state index in [1.165, 1.54) is 29.7 Å². The summed E-state index contributed by atoms with van der Waals surface area (Å²) in [6.07, 6.45) is 2.18. The number of esters is 1. The van der Waals surface area contributed by atoms with Crippen LogP contribution in [0.15, 0.2) is 128 Å². The number of ether oxygens (including phenoxy) is 3. The minimum Gasteiger partial charge on any atom is -0.472 e. The zero-order chi connectivity index (χ0) is 39.2. The summed E-state index contributed by atoms with van der Waals surface area (Å²) in [5.74, 6) is -1.67. The van der Waals surface area contributed by atoms with Crippen molar-refractivity contribution in [1.82, 2.24) is 8.96 Å². The number of fused-ring (bicyclic) bond motifs is 1. The number of aromatic nitrogens is 2. The summed E-state index contributed by atoms with van der Waals surface area (Å²) in [4.78, 5) is 17.3. The number of methoxy groups -OCH3 is 1. The SMILES string of the molecule is COC(=O)c1ccc(F)cc1Oc1cc2ccn(S(=O)(=O)Cc3ccccc3)c2nc1O[C@H](C)CCCO[Si](c1ccccc1)(c1ccccc1)C(C)(C)C. The van der Waals surface area contributed by atoms with Crippen LogP contribution in [-0.4, -0.2) is 51.5 Å². The molecule has 6 aromatic rings. The van der Waals surface area contributed by atoms with Crippen LogP contribution in [0.25, 0.3) is 11.0 Å². The minimum atomic E-state index is -3.90. The topological polar surface area (TPSA) is 106 Å². The lowest BCUT2D eigenvalue weighted by atomic mass is 10.2. The van der Waals surface area contributed by atoms with E-state index < -0.39 is 36.2 Å². The van der Waals surface area contributed by atoms with Crippen LogP contribution in [0.4, 0.5) is 4.39 Å². The molecular formula is C43H45FN2O7SSi. The highest BCUT2D eigenvalue weighted by molar-refractivity contribution is 7.89. The van der Waals surface area contributed by atoms with Gasteiger partial charge in [0.2, 0.25) is 10.0 Å². The van der Waals surface area contributed by atoms with Gasteiger partial charge in [0.05, 0.1) is 19.0 Å². The fraction of sp³-hybridized carbons (Fsp3) is 0.256. The first-order valence-corrected chi connectivity index (χ1v) is 21.6. The number of benzene rings is 4. The molecule has 0 spiro atoms. The Bertz CT molecular complexity index is 2310. The van der Waals surface area contributed by atoms with Crippen molar-refractivity contribution < 1.29 is 36.2 Å². The molecule has 0 N–H and O–H groups in total. The van der Waals surface area contributed by atoms with Crippen molar-refractivity contribution in [3.63, 3.8) is 0 Å². The standard InChI is InChI=1S/C43H45FN2O7SSi/c1-31(16-15-27-51-55(43(2,3)4,35-19-11-7-12-20-35)36-21-13-8-14-22-36)52-41-39(53-38-29-34(44)23-24-37(38)42(47)50-5)28-33-25-26-46(40(33)45-41)54(48,49)30-32-17-9-6-10-18-32/h6-14,17-26,28-29,31H,15-16,27,30H2,1-5H3/t31-/m1/s1. The van der Waals surface area contributed by atoms with Crippen LogP contribution in [0.1, 0.15) is 56.5 Å². The number of hydrogen-bond acceptors (Lipinski definition) is 8. The second kappa shape index (κ2) is 16.6. The molecular weight excluding hydrogens is 736 g/mol. The quantitative estimate of drug-likeness (QED) is 0.0583. The van der Waals surface area contributed by atoms with Gasteiger partial charge in [-0.1, -0.05) is 112 Å². The maximum absolute atomic E-state index is 14.5. The lowest BCUT2D eigenvalue weighted by molar-refractivity contribution is 0.0597. The molecule has 0 amide bonds. The van der Waals surface area contributed by atoms with E-state index in [0.717, 1.165) is 16.1 Å². The maximum atomic E-state index is 14.5. The molecule has 286 valence electrons. The fourth-order valence-corrected chi connectivity index (χ4v) is 12.8. The summed E-state index contributed by atoms with van der Waals surface area (Å²) in [6, 6.07) is 36.3. The second-order valence-electron chi connectivity index (χ2n) is 14.4. The van der Waals surface area contributed by atoms with Crippen LogP contribution in [0.3, 0.4) is 0 Å². The molecule has 0 fully saturated rings. The largest absolute Gasteiger partial charge is 0.472 e. The Kier molecular flexibility index (Phi) is 11.9. The van der Waals surface area contributed by atoms with E-state index in [1.54, 1.807) is 36.4 Å². The first-order chi connectivity index (χ1) is 26.3. The van der Waals surface area contributed by atoms with Crippen LogP contribution >= 0.6 is 0 Å². The summed E-state index contributed by atoms with van der Waals surface area (Å²) < 4.78 is 67.4. The third-order valence-electron chi connectivity index (χ3n) is 9.42. The molecule has 0 aliphatic heterocycles. The van der Waals surface area contributed by atoms with Crippen molar-refractivity contribution in [2.45, 2.75) is 57.4 Å². The summed E-state index contributed by atoms with van der Waals surface area (Å²) >= 11 is 0. The first kappa shape index (κ1) is 39.4. The number of nitrogens with zero attached hydrogens (tertiary/aromatic N) is 2. The number of carbonyl (C=O) groups is 1. The van der Waals surface area contributed by atoms with Gasteiger partial charge in [-0.3, -0.25) is 0 Å². The molecule has 9 nitrogen and oxygen atoms in total. The van der Waals surface area contributed by atoms with Crippen molar-refractivity contribution in [2.75, 3.05) is 13.7 Å². The number of pyridine rings is 1. The summed E-state index contributed by atoms with van der Waals surface area (Å²) in [7, 11) is -5.43. The molecule has 12 heteroatoms.